The molecule has 2 aromatic heterocycles. The number of hydrogen-bond acceptors (Lipinski definition) is 5. The summed E-state index contributed by atoms with van der Waals surface area (Å²) in [5, 5.41) is 12.7. The molecular weight excluding hydrogens is 246 g/mol. The van der Waals surface area contributed by atoms with E-state index in [0.29, 0.717) is 6.54 Å². The SMILES string of the molecule is CCc1cnc(C(C)NCc2nnc(C)n2C)s1. The summed E-state index contributed by atoms with van der Waals surface area (Å²) in [4.78, 5) is 5.77. The van der Waals surface area contributed by atoms with Crippen molar-refractivity contribution in [3.8, 4) is 0 Å². The third-order valence-corrected chi connectivity index (χ3v) is 4.36. The lowest BCUT2D eigenvalue weighted by Gasteiger charge is -2.10. The quantitative estimate of drug-likeness (QED) is 0.898. The fourth-order valence-corrected chi connectivity index (χ4v) is 2.51. The van der Waals surface area contributed by atoms with Gasteiger partial charge in [-0.25, -0.2) is 4.98 Å². The first-order valence-electron chi connectivity index (χ1n) is 6.14. The third kappa shape index (κ3) is 2.76. The van der Waals surface area contributed by atoms with E-state index >= 15 is 0 Å². The highest BCUT2D eigenvalue weighted by Crippen LogP contribution is 2.20. The molecule has 2 rings (SSSR count). The zero-order valence-corrected chi connectivity index (χ0v) is 12.1. The van der Waals surface area contributed by atoms with E-state index in [1.54, 1.807) is 11.3 Å². The molecule has 0 spiro atoms. The summed E-state index contributed by atoms with van der Waals surface area (Å²) in [5.41, 5.74) is 0. The van der Waals surface area contributed by atoms with Gasteiger partial charge in [0.25, 0.3) is 0 Å². The Morgan fingerprint density at radius 3 is 2.78 bits per heavy atom. The number of aromatic nitrogens is 4. The number of hydrogen-bond donors (Lipinski definition) is 1. The summed E-state index contributed by atoms with van der Waals surface area (Å²) in [7, 11) is 1.98. The number of thiazole rings is 1. The Morgan fingerprint density at radius 2 is 2.22 bits per heavy atom. The van der Waals surface area contributed by atoms with Gasteiger partial charge >= 0.3 is 0 Å². The Morgan fingerprint density at radius 1 is 1.44 bits per heavy atom. The summed E-state index contributed by atoms with van der Waals surface area (Å²) >= 11 is 1.77. The Bertz CT molecular complexity index is 516. The van der Waals surface area contributed by atoms with Gasteiger partial charge in [-0.15, -0.1) is 21.5 Å². The number of rotatable bonds is 5. The van der Waals surface area contributed by atoms with Gasteiger partial charge in [-0.05, 0) is 20.3 Å². The first kappa shape index (κ1) is 13.2. The minimum atomic E-state index is 0.243. The maximum Gasteiger partial charge on any atom is 0.146 e. The molecule has 1 N–H and O–H groups in total. The molecule has 0 amide bonds. The highest BCUT2D eigenvalue weighted by molar-refractivity contribution is 7.11. The Kier molecular flexibility index (Phi) is 4.08. The second-order valence-electron chi connectivity index (χ2n) is 4.34. The Balaban J connectivity index is 1.95. The standard InChI is InChI=1S/C12H19N5S/c1-5-10-6-14-12(18-10)8(2)13-7-11-16-15-9(3)17(11)4/h6,8,13H,5,7H2,1-4H3. The van der Waals surface area contributed by atoms with Gasteiger partial charge in [-0.1, -0.05) is 6.92 Å². The van der Waals surface area contributed by atoms with Crippen molar-refractivity contribution in [3.05, 3.63) is 27.7 Å². The summed E-state index contributed by atoms with van der Waals surface area (Å²) in [5.74, 6) is 1.88. The van der Waals surface area contributed by atoms with Crippen LogP contribution in [0.25, 0.3) is 0 Å². The maximum atomic E-state index is 4.44. The van der Waals surface area contributed by atoms with E-state index in [1.165, 1.54) is 4.88 Å². The minimum absolute atomic E-state index is 0.243. The first-order chi connectivity index (χ1) is 8.61. The lowest BCUT2D eigenvalue weighted by molar-refractivity contribution is 0.545. The van der Waals surface area contributed by atoms with Crippen molar-refractivity contribution in [2.75, 3.05) is 0 Å². The zero-order chi connectivity index (χ0) is 13.1. The summed E-state index contributed by atoms with van der Waals surface area (Å²) in [6.45, 7) is 6.94. The second-order valence-corrected chi connectivity index (χ2v) is 5.49. The molecule has 5 nitrogen and oxygen atoms in total. The molecule has 0 aliphatic rings. The molecule has 0 aliphatic carbocycles. The average molecular weight is 265 g/mol. The molecule has 0 saturated carbocycles. The largest absolute Gasteiger partial charge is 0.317 e. The molecule has 98 valence electrons. The van der Waals surface area contributed by atoms with E-state index in [2.05, 4.69) is 34.3 Å². The molecule has 0 radical (unpaired) electrons. The van der Waals surface area contributed by atoms with Crippen LogP contribution in [0, 0.1) is 6.92 Å². The molecular formula is C12H19N5S. The van der Waals surface area contributed by atoms with E-state index in [1.807, 2.05) is 24.7 Å². The predicted octanol–water partition coefficient (Wildman–Crippen LogP) is 1.99. The summed E-state index contributed by atoms with van der Waals surface area (Å²) in [6.07, 6.45) is 3.01. The molecule has 0 fully saturated rings. The Hall–Kier alpha value is -1.27. The van der Waals surface area contributed by atoms with Gasteiger partial charge < -0.3 is 9.88 Å². The summed E-state index contributed by atoms with van der Waals surface area (Å²) in [6, 6.07) is 0.243. The van der Waals surface area contributed by atoms with E-state index in [0.717, 1.165) is 23.1 Å². The van der Waals surface area contributed by atoms with Crippen LogP contribution in [-0.2, 0) is 20.0 Å². The van der Waals surface area contributed by atoms with Gasteiger partial charge in [0.2, 0.25) is 0 Å². The molecule has 0 aliphatic heterocycles. The van der Waals surface area contributed by atoms with Crippen LogP contribution in [0.4, 0.5) is 0 Å². The van der Waals surface area contributed by atoms with Crippen LogP contribution in [0.5, 0.6) is 0 Å². The number of nitrogens with one attached hydrogen (secondary N) is 1. The van der Waals surface area contributed by atoms with Crippen LogP contribution in [0.1, 0.15) is 41.4 Å². The molecule has 0 aromatic carbocycles. The van der Waals surface area contributed by atoms with Crippen molar-refractivity contribution in [1.29, 1.82) is 0 Å². The van der Waals surface area contributed by atoms with Crippen LogP contribution in [-0.4, -0.2) is 19.7 Å². The molecule has 0 bridgehead atoms. The topological polar surface area (TPSA) is 55.6 Å². The van der Waals surface area contributed by atoms with Gasteiger partial charge in [0.1, 0.15) is 16.7 Å². The fraction of sp³-hybridized carbons (Fsp3) is 0.583. The van der Waals surface area contributed by atoms with Gasteiger partial charge in [0.05, 0.1) is 12.6 Å². The van der Waals surface area contributed by atoms with Gasteiger partial charge in [-0.3, -0.25) is 0 Å². The third-order valence-electron chi connectivity index (χ3n) is 3.04. The Labute approximate surface area is 111 Å². The maximum absolute atomic E-state index is 4.44. The van der Waals surface area contributed by atoms with Crippen molar-refractivity contribution in [2.24, 2.45) is 7.05 Å². The molecule has 6 heteroatoms. The molecule has 2 aromatic rings. The molecule has 1 unspecified atom stereocenters. The highest BCUT2D eigenvalue weighted by atomic mass is 32.1. The van der Waals surface area contributed by atoms with Gasteiger partial charge in [0, 0.05) is 18.1 Å². The van der Waals surface area contributed by atoms with Crippen LogP contribution in [0.2, 0.25) is 0 Å². The van der Waals surface area contributed by atoms with Crippen LogP contribution in [0.3, 0.4) is 0 Å². The molecule has 18 heavy (non-hydrogen) atoms. The minimum Gasteiger partial charge on any atom is -0.317 e. The summed E-state index contributed by atoms with van der Waals surface area (Å²) < 4.78 is 2.00. The van der Waals surface area contributed by atoms with E-state index in [9.17, 15) is 0 Å². The lowest BCUT2D eigenvalue weighted by Crippen LogP contribution is -2.20. The lowest BCUT2D eigenvalue weighted by atomic mass is 10.3. The average Bonchev–Trinajstić information content (AvgIpc) is 2.96. The van der Waals surface area contributed by atoms with Crippen LogP contribution < -0.4 is 5.32 Å². The van der Waals surface area contributed by atoms with Crippen LogP contribution in [0.15, 0.2) is 6.20 Å². The number of nitrogens with zero attached hydrogens (tertiary/aromatic N) is 4. The second kappa shape index (κ2) is 5.58. The highest BCUT2D eigenvalue weighted by Gasteiger charge is 2.11. The van der Waals surface area contributed by atoms with Crippen molar-refractivity contribution in [2.45, 2.75) is 39.8 Å². The zero-order valence-electron chi connectivity index (χ0n) is 11.3. The van der Waals surface area contributed by atoms with Crippen molar-refractivity contribution in [1.82, 2.24) is 25.1 Å². The van der Waals surface area contributed by atoms with Crippen molar-refractivity contribution >= 4 is 11.3 Å². The van der Waals surface area contributed by atoms with Crippen molar-refractivity contribution in [3.63, 3.8) is 0 Å². The predicted molar refractivity (Wildman–Crippen MR) is 72.5 cm³/mol. The van der Waals surface area contributed by atoms with Crippen LogP contribution >= 0.6 is 11.3 Å². The monoisotopic (exact) mass is 265 g/mol. The van der Waals surface area contributed by atoms with E-state index < -0.39 is 0 Å². The first-order valence-corrected chi connectivity index (χ1v) is 6.96. The van der Waals surface area contributed by atoms with Gasteiger partial charge in [-0.2, -0.15) is 0 Å². The fourth-order valence-electron chi connectivity index (χ4n) is 1.62. The van der Waals surface area contributed by atoms with Gasteiger partial charge in [0.15, 0.2) is 0 Å². The van der Waals surface area contributed by atoms with E-state index in [4.69, 9.17) is 0 Å². The molecule has 2 heterocycles. The molecule has 0 saturated heterocycles. The van der Waals surface area contributed by atoms with E-state index in [-0.39, 0.29) is 6.04 Å². The smallest absolute Gasteiger partial charge is 0.146 e. The van der Waals surface area contributed by atoms with Crippen molar-refractivity contribution < 1.29 is 0 Å². The molecule has 1 atom stereocenters. The number of aryl methyl sites for hydroxylation is 2. The normalized spacial score (nSPS) is 12.9.